The van der Waals surface area contributed by atoms with Crippen molar-refractivity contribution in [2.24, 2.45) is 0 Å². The Bertz CT molecular complexity index is 2990. The highest BCUT2D eigenvalue weighted by Gasteiger charge is 2.43. The number of rotatable bonds is 9. The van der Waals surface area contributed by atoms with Crippen LogP contribution in [0.1, 0.15) is 48.1 Å². The number of unbranched alkanes of at least 4 members (excludes halogenated alkanes) is 1. The molecule has 8 aromatic carbocycles. The molecule has 1 aliphatic heterocycles. The first-order chi connectivity index (χ1) is 29.7. The lowest BCUT2D eigenvalue weighted by molar-refractivity contribution is 0.725. The van der Waals surface area contributed by atoms with Crippen molar-refractivity contribution in [2.75, 3.05) is 4.90 Å². The van der Waals surface area contributed by atoms with E-state index in [4.69, 9.17) is 0 Å². The Kier molecular flexibility index (Phi) is 9.12. The Balaban J connectivity index is 0.913. The van der Waals surface area contributed by atoms with Gasteiger partial charge in [0.2, 0.25) is 0 Å². The standard InChI is InChI=1S/C58H46N2/c1-2-3-12-40-21-23-45(24-22-40)47-15-11-16-48(39-47)46-31-35-50(36-32-46)60-54-20-10-8-18-52(54)58-56(60)38-37-55-57(58)51-17-7-9-19-53(51)59(55)49-33-29-44(30-34-49)43-27-25-42(26-28-43)41-13-5-4-6-14-41/h4-11,13-39,55,57H,2-3,12H2,1H3. The molecule has 2 atom stereocenters. The highest BCUT2D eigenvalue weighted by molar-refractivity contribution is 5.94. The monoisotopic (exact) mass is 770 g/mol. The third-order valence-electron chi connectivity index (χ3n) is 12.8. The summed E-state index contributed by atoms with van der Waals surface area (Å²) in [6.45, 7) is 2.25. The minimum absolute atomic E-state index is 0.160. The van der Waals surface area contributed by atoms with Crippen LogP contribution in [0.25, 0.3) is 67.2 Å². The number of hydrogen-bond donors (Lipinski definition) is 0. The number of fused-ring (bicyclic) bond motifs is 7. The summed E-state index contributed by atoms with van der Waals surface area (Å²) < 4.78 is 2.47. The zero-order chi connectivity index (χ0) is 40.0. The second-order valence-electron chi connectivity index (χ2n) is 16.3. The second kappa shape index (κ2) is 15.2. The van der Waals surface area contributed by atoms with E-state index in [0.717, 1.165) is 6.42 Å². The van der Waals surface area contributed by atoms with Crippen LogP contribution in [-0.4, -0.2) is 10.6 Å². The lowest BCUT2D eigenvalue weighted by Gasteiger charge is -2.31. The molecule has 0 spiro atoms. The summed E-state index contributed by atoms with van der Waals surface area (Å²) in [5.74, 6) is 0.195. The highest BCUT2D eigenvalue weighted by atomic mass is 15.2. The fraction of sp³-hybridized carbons (Fsp3) is 0.103. The Hall–Kier alpha value is -7.16. The first-order valence-corrected chi connectivity index (χ1v) is 21.5. The van der Waals surface area contributed by atoms with Gasteiger partial charge in [0.1, 0.15) is 0 Å². The summed E-state index contributed by atoms with van der Waals surface area (Å²) in [7, 11) is 0. The van der Waals surface area contributed by atoms with Crippen molar-refractivity contribution in [3.8, 4) is 50.2 Å². The quantitative estimate of drug-likeness (QED) is 0.142. The molecule has 1 aliphatic carbocycles. The molecule has 0 saturated heterocycles. The van der Waals surface area contributed by atoms with E-state index < -0.39 is 0 Å². The second-order valence-corrected chi connectivity index (χ2v) is 16.3. The van der Waals surface area contributed by atoms with Crippen molar-refractivity contribution in [2.45, 2.75) is 38.1 Å². The molecule has 9 aromatic rings. The zero-order valence-corrected chi connectivity index (χ0v) is 33.9. The Morgan fingerprint density at radius 2 is 1.00 bits per heavy atom. The molecule has 0 fully saturated rings. The molecule has 11 rings (SSSR count). The molecule has 0 radical (unpaired) electrons. The summed E-state index contributed by atoms with van der Waals surface area (Å²) in [6.07, 6.45) is 8.42. The molecule has 0 amide bonds. The number of para-hydroxylation sites is 2. The predicted molar refractivity (Wildman–Crippen MR) is 253 cm³/mol. The molecule has 2 nitrogen and oxygen atoms in total. The van der Waals surface area contributed by atoms with Gasteiger partial charge in [-0.3, -0.25) is 0 Å². The zero-order valence-electron chi connectivity index (χ0n) is 33.9. The molecule has 2 unspecified atom stereocenters. The largest absolute Gasteiger partial charge is 0.333 e. The summed E-state index contributed by atoms with van der Waals surface area (Å²) in [5, 5.41) is 1.32. The number of aryl methyl sites for hydroxylation is 1. The first kappa shape index (κ1) is 36.0. The molecule has 1 aromatic heterocycles. The molecular formula is C58H46N2. The van der Waals surface area contributed by atoms with E-state index in [1.807, 2.05) is 0 Å². The van der Waals surface area contributed by atoms with Crippen molar-refractivity contribution in [3.05, 3.63) is 229 Å². The fourth-order valence-electron chi connectivity index (χ4n) is 9.77. The van der Waals surface area contributed by atoms with Gasteiger partial charge < -0.3 is 9.47 Å². The van der Waals surface area contributed by atoms with E-state index in [9.17, 15) is 0 Å². The Morgan fingerprint density at radius 3 is 1.68 bits per heavy atom. The van der Waals surface area contributed by atoms with Crippen molar-refractivity contribution in [1.82, 2.24) is 4.57 Å². The normalized spacial score (nSPS) is 15.2. The smallest absolute Gasteiger partial charge is 0.0637 e. The van der Waals surface area contributed by atoms with Crippen LogP contribution in [0.3, 0.4) is 0 Å². The SMILES string of the molecule is CCCCc1ccc(-c2cccc(-c3ccc(-n4c5c(c6ccccc64)C4c6ccccc6N(c6ccc(-c7ccc(-c8ccccc8)cc7)cc6)C4C=C5)cc3)c2)cc1. The lowest BCUT2D eigenvalue weighted by atomic mass is 9.82. The molecule has 60 heavy (non-hydrogen) atoms. The van der Waals surface area contributed by atoms with Gasteiger partial charge in [0, 0.05) is 28.4 Å². The van der Waals surface area contributed by atoms with Gasteiger partial charge in [0.25, 0.3) is 0 Å². The number of nitrogens with zero attached hydrogens (tertiary/aromatic N) is 2. The summed E-state index contributed by atoms with van der Waals surface area (Å²) in [4.78, 5) is 2.55. The maximum absolute atomic E-state index is 2.55. The van der Waals surface area contributed by atoms with E-state index in [1.165, 1.54) is 108 Å². The number of benzene rings is 8. The number of aromatic nitrogens is 1. The summed E-state index contributed by atoms with van der Waals surface area (Å²) >= 11 is 0. The third-order valence-corrected chi connectivity index (χ3v) is 12.8. The molecule has 2 aliphatic rings. The highest BCUT2D eigenvalue weighted by Crippen LogP contribution is 2.54. The van der Waals surface area contributed by atoms with Gasteiger partial charge in [-0.1, -0.05) is 177 Å². The number of hydrogen-bond acceptors (Lipinski definition) is 1. The molecule has 0 saturated carbocycles. The van der Waals surface area contributed by atoms with Crippen LogP contribution in [0.5, 0.6) is 0 Å². The van der Waals surface area contributed by atoms with Crippen LogP contribution < -0.4 is 4.90 Å². The van der Waals surface area contributed by atoms with Gasteiger partial charge in [0.15, 0.2) is 0 Å². The van der Waals surface area contributed by atoms with Crippen molar-refractivity contribution in [1.29, 1.82) is 0 Å². The van der Waals surface area contributed by atoms with Gasteiger partial charge in [0.05, 0.1) is 17.3 Å². The molecule has 2 heterocycles. The first-order valence-electron chi connectivity index (χ1n) is 21.5. The maximum atomic E-state index is 2.55. The lowest BCUT2D eigenvalue weighted by Crippen LogP contribution is -2.30. The number of anilines is 2. The maximum Gasteiger partial charge on any atom is 0.0637 e. The molecule has 0 N–H and O–H groups in total. The summed E-state index contributed by atoms with van der Waals surface area (Å²) in [5.41, 5.74) is 20.2. The topological polar surface area (TPSA) is 8.17 Å². The Labute approximate surface area is 353 Å². The minimum atomic E-state index is 0.160. The van der Waals surface area contributed by atoms with E-state index >= 15 is 0 Å². The van der Waals surface area contributed by atoms with Crippen LogP contribution in [-0.2, 0) is 6.42 Å². The van der Waals surface area contributed by atoms with E-state index in [2.05, 4.69) is 229 Å². The van der Waals surface area contributed by atoms with Gasteiger partial charge in [-0.05, 0) is 123 Å². The van der Waals surface area contributed by atoms with Crippen LogP contribution in [0, 0.1) is 0 Å². The van der Waals surface area contributed by atoms with Crippen molar-refractivity contribution in [3.63, 3.8) is 0 Å². The van der Waals surface area contributed by atoms with Gasteiger partial charge in [-0.2, -0.15) is 0 Å². The van der Waals surface area contributed by atoms with E-state index in [-0.39, 0.29) is 12.0 Å². The van der Waals surface area contributed by atoms with E-state index in [1.54, 1.807) is 0 Å². The molecule has 288 valence electrons. The predicted octanol–water partition coefficient (Wildman–Crippen LogP) is 15.3. The van der Waals surface area contributed by atoms with Gasteiger partial charge in [-0.25, -0.2) is 0 Å². The minimum Gasteiger partial charge on any atom is -0.333 e. The fourth-order valence-corrected chi connectivity index (χ4v) is 9.77. The third kappa shape index (κ3) is 6.28. The van der Waals surface area contributed by atoms with Crippen LogP contribution in [0.15, 0.2) is 206 Å². The van der Waals surface area contributed by atoms with Crippen LogP contribution >= 0.6 is 0 Å². The van der Waals surface area contributed by atoms with Crippen LogP contribution in [0.2, 0.25) is 0 Å². The molecule has 0 bridgehead atoms. The summed E-state index contributed by atoms with van der Waals surface area (Å²) in [6, 6.07) is 74.1. The van der Waals surface area contributed by atoms with Crippen LogP contribution in [0.4, 0.5) is 11.4 Å². The average molecular weight is 771 g/mol. The van der Waals surface area contributed by atoms with Crippen molar-refractivity contribution < 1.29 is 0 Å². The van der Waals surface area contributed by atoms with Gasteiger partial charge >= 0.3 is 0 Å². The average Bonchev–Trinajstić information content (AvgIpc) is 3.84. The molecular weight excluding hydrogens is 725 g/mol. The Morgan fingerprint density at radius 1 is 0.467 bits per heavy atom. The molecule has 2 heteroatoms. The van der Waals surface area contributed by atoms with E-state index in [0.29, 0.717) is 0 Å². The van der Waals surface area contributed by atoms with Crippen molar-refractivity contribution >= 4 is 28.4 Å². The van der Waals surface area contributed by atoms with Gasteiger partial charge in [-0.15, -0.1) is 0 Å².